The summed E-state index contributed by atoms with van der Waals surface area (Å²) in [4.78, 5) is 35.0. The molecule has 2 aromatic rings. The van der Waals surface area contributed by atoms with Crippen LogP contribution < -0.4 is 9.80 Å². The van der Waals surface area contributed by atoms with Gasteiger partial charge in [-0.15, -0.1) is 22.7 Å². The van der Waals surface area contributed by atoms with Crippen LogP contribution in [0.1, 0.15) is 54.1 Å². The highest BCUT2D eigenvalue weighted by Crippen LogP contribution is 2.52. The van der Waals surface area contributed by atoms with Gasteiger partial charge in [0, 0.05) is 22.8 Å². The molecule has 0 aliphatic carbocycles. The molecule has 4 heterocycles. The fraction of sp³-hybridized carbons (Fsp3) is 0.417. The molecule has 0 fully saturated rings. The van der Waals surface area contributed by atoms with Crippen LogP contribution in [0.2, 0.25) is 0 Å². The lowest BCUT2D eigenvalue weighted by atomic mass is 10.1. The minimum atomic E-state index is -0.0382. The van der Waals surface area contributed by atoms with E-state index in [-0.39, 0.29) is 11.8 Å². The van der Waals surface area contributed by atoms with Crippen molar-refractivity contribution in [3.05, 3.63) is 37.7 Å². The first-order valence-corrected chi connectivity index (χ1v) is 12.1. The van der Waals surface area contributed by atoms with E-state index in [0.717, 1.165) is 30.9 Å². The summed E-state index contributed by atoms with van der Waals surface area (Å²) in [6.45, 7) is 13.8. The van der Waals surface area contributed by atoms with Gasteiger partial charge in [0.05, 0.1) is 32.3 Å². The number of amides is 2. The molecule has 0 bridgehead atoms. The molecule has 158 valence electrons. The molecule has 2 aliphatic heterocycles. The lowest BCUT2D eigenvalue weighted by Gasteiger charge is -2.19. The highest BCUT2D eigenvalue weighted by Gasteiger charge is 2.44. The number of rotatable bonds is 5. The predicted octanol–water partition coefficient (Wildman–Crippen LogP) is 6.07. The second-order valence-corrected chi connectivity index (χ2v) is 11.1. The number of carbonyl (C=O) groups excluding carboxylic acids is 2. The first-order valence-electron chi connectivity index (χ1n) is 10.5. The van der Waals surface area contributed by atoms with Gasteiger partial charge in [-0.05, 0) is 43.9 Å². The van der Waals surface area contributed by atoms with Crippen LogP contribution in [-0.2, 0) is 9.59 Å². The highest BCUT2D eigenvalue weighted by molar-refractivity contribution is 7.16. The van der Waals surface area contributed by atoms with E-state index in [1.54, 1.807) is 22.7 Å². The Labute approximate surface area is 186 Å². The zero-order valence-corrected chi connectivity index (χ0v) is 20.0. The Hall–Kier alpha value is -2.18. The molecule has 0 aromatic carbocycles. The normalized spacial score (nSPS) is 18.7. The summed E-state index contributed by atoms with van der Waals surface area (Å²) >= 11 is 3.22. The maximum atomic E-state index is 13.6. The third-order valence-electron chi connectivity index (χ3n) is 5.20. The van der Waals surface area contributed by atoms with E-state index in [9.17, 15) is 9.59 Å². The molecule has 2 amide bonds. The fourth-order valence-electron chi connectivity index (χ4n) is 4.12. The number of aryl methyl sites for hydroxylation is 1. The van der Waals surface area contributed by atoms with Gasteiger partial charge in [-0.3, -0.25) is 9.59 Å². The van der Waals surface area contributed by atoms with Crippen LogP contribution in [0.4, 0.5) is 11.4 Å². The Morgan fingerprint density at radius 3 is 1.87 bits per heavy atom. The van der Waals surface area contributed by atoms with Crippen LogP contribution >= 0.6 is 22.7 Å². The molecular formula is C24H28N2O2S2. The van der Waals surface area contributed by atoms with Gasteiger partial charge >= 0.3 is 0 Å². The molecule has 0 atom stereocenters. The van der Waals surface area contributed by atoms with E-state index in [4.69, 9.17) is 0 Å². The summed E-state index contributed by atoms with van der Waals surface area (Å²) in [6, 6.07) is 4.17. The minimum absolute atomic E-state index is 0.0355. The third-order valence-corrected chi connectivity index (χ3v) is 7.36. The topological polar surface area (TPSA) is 40.6 Å². The smallest absolute Gasteiger partial charge is 0.260 e. The van der Waals surface area contributed by atoms with Gasteiger partial charge in [0.15, 0.2) is 0 Å². The molecule has 0 radical (unpaired) electrons. The van der Waals surface area contributed by atoms with Gasteiger partial charge in [-0.1, -0.05) is 33.8 Å². The van der Waals surface area contributed by atoms with E-state index >= 15 is 0 Å². The van der Waals surface area contributed by atoms with Crippen molar-refractivity contribution < 1.29 is 9.59 Å². The molecule has 0 N–H and O–H groups in total. The molecule has 0 saturated carbocycles. The summed E-state index contributed by atoms with van der Waals surface area (Å²) in [6.07, 6.45) is 4.07. The highest BCUT2D eigenvalue weighted by atomic mass is 32.1. The number of hydrogen-bond donors (Lipinski definition) is 0. The van der Waals surface area contributed by atoms with Crippen molar-refractivity contribution in [1.82, 2.24) is 0 Å². The van der Waals surface area contributed by atoms with Gasteiger partial charge in [0.2, 0.25) is 0 Å². The Kier molecular flexibility index (Phi) is 5.49. The number of thiophene rings is 2. The van der Waals surface area contributed by atoms with Crippen LogP contribution in [0.3, 0.4) is 0 Å². The standard InChI is InChI=1S/C24H28N2O2S2/c1-7-8-16-10-18-22(30-16)20(24(28)26(18)12-14(4)5)19-21-17(9-15(6)29-21)25(23(19)27)11-13(2)3/h7-10,13-14H,11-12H2,1-6H3/b8-7+,20-19+. The average Bonchev–Trinajstić information content (AvgIpc) is 3.34. The molecule has 6 heteroatoms. The van der Waals surface area contributed by atoms with Crippen molar-refractivity contribution >= 4 is 63.1 Å². The third kappa shape index (κ3) is 3.36. The zero-order chi connectivity index (χ0) is 21.7. The zero-order valence-electron chi connectivity index (χ0n) is 18.4. The van der Waals surface area contributed by atoms with Crippen molar-refractivity contribution in [2.45, 2.75) is 41.5 Å². The van der Waals surface area contributed by atoms with E-state index in [1.807, 2.05) is 22.8 Å². The second-order valence-electron chi connectivity index (χ2n) is 8.80. The molecule has 4 nitrogen and oxygen atoms in total. The van der Waals surface area contributed by atoms with Crippen LogP contribution in [-0.4, -0.2) is 24.9 Å². The summed E-state index contributed by atoms with van der Waals surface area (Å²) in [7, 11) is 0. The Bertz CT molecular complexity index is 1080. The number of nitrogens with zero attached hydrogens (tertiary/aromatic N) is 2. The Balaban J connectivity index is 1.94. The minimum Gasteiger partial charge on any atom is -0.307 e. The lowest BCUT2D eigenvalue weighted by Crippen LogP contribution is -2.32. The number of hydrogen-bond acceptors (Lipinski definition) is 4. The maximum absolute atomic E-state index is 13.6. The van der Waals surface area contributed by atoms with E-state index < -0.39 is 0 Å². The number of anilines is 2. The maximum Gasteiger partial charge on any atom is 0.260 e. The van der Waals surface area contributed by atoms with Crippen LogP contribution in [0.25, 0.3) is 17.2 Å². The summed E-state index contributed by atoms with van der Waals surface area (Å²) in [5, 5.41) is 0. The summed E-state index contributed by atoms with van der Waals surface area (Å²) < 4.78 is 0. The fourth-order valence-corrected chi connectivity index (χ4v) is 6.36. The van der Waals surface area contributed by atoms with Crippen molar-refractivity contribution in [1.29, 1.82) is 0 Å². The molecule has 0 unspecified atom stereocenters. The first-order chi connectivity index (χ1) is 14.2. The summed E-state index contributed by atoms with van der Waals surface area (Å²) in [5.41, 5.74) is 3.08. The predicted molar refractivity (Wildman–Crippen MR) is 129 cm³/mol. The molecule has 2 aliphatic rings. The first kappa shape index (κ1) is 21.1. The Morgan fingerprint density at radius 2 is 1.37 bits per heavy atom. The Morgan fingerprint density at radius 1 is 0.867 bits per heavy atom. The SMILES string of the molecule is C/C=C/c1cc2c(s1)/C(=C1\C(=O)N(CC(C)C)c3cc(C)sc31)C(=O)N2CC(C)C. The molecule has 30 heavy (non-hydrogen) atoms. The molecule has 2 aromatic heterocycles. The van der Waals surface area contributed by atoms with Crippen molar-refractivity contribution in [2.75, 3.05) is 22.9 Å². The van der Waals surface area contributed by atoms with Gasteiger partial charge in [0.25, 0.3) is 11.8 Å². The monoisotopic (exact) mass is 440 g/mol. The van der Waals surface area contributed by atoms with Gasteiger partial charge in [-0.2, -0.15) is 0 Å². The molecular weight excluding hydrogens is 412 g/mol. The van der Waals surface area contributed by atoms with Crippen molar-refractivity contribution in [3.63, 3.8) is 0 Å². The lowest BCUT2D eigenvalue weighted by molar-refractivity contribution is -0.114. The summed E-state index contributed by atoms with van der Waals surface area (Å²) in [5.74, 6) is 0.615. The van der Waals surface area contributed by atoms with E-state index in [1.165, 1.54) is 0 Å². The van der Waals surface area contributed by atoms with Gasteiger partial charge in [0.1, 0.15) is 0 Å². The number of allylic oxidation sites excluding steroid dienone is 1. The second kappa shape index (κ2) is 7.82. The number of carbonyl (C=O) groups is 2. The molecule has 0 saturated heterocycles. The van der Waals surface area contributed by atoms with Crippen molar-refractivity contribution in [3.8, 4) is 0 Å². The van der Waals surface area contributed by atoms with E-state index in [2.05, 4.69) is 52.8 Å². The van der Waals surface area contributed by atoms with Crippen LogP contribution in [0, 0.1) is 18.8 Å². The van der Waals surface area contributed by atoms with Crippen LogP contribution in [0.5, 0.6) is 0 Å². The molecule has 0 spiro atoms. The van der Waals surface area contributed by atoms with Gasteiger partial charge in [-0.25, -0.2) is 0 Å². The largest absolute Gasteiger partial charge is 0.307 e. The average molecular weight is 441 g/mol. The quantitative estimate of drug-likeness (QED) is 0.530. The van der Waals surface area contributed by atoms with E-state index in [0.29, 0.717) is 36.1 Å². The van der Waals surface area contributed by atoms with Crippen LogP contribution in [0.15, 0.2) is 18.2 Å². The van der Waals surface area contributed by atoms with Crippen molar-refractivity contribution in [2.24, 2.45) is 11.8 Å². The van der Waals surface area contributed by atoms with Gasteiger partial charge < -0.3 is 9.80 Å². The molecule has 4 rings (SSSR count). The number of fused-ring (bicyclic) bond motifs is 2.